The number of piperazine rings is 1. The van der Waals surface area contributed by atoms with Gasteiger partial charge in [0.05, 0.1) is 16.1 Å². The van der Waals surface area contributed by atoms with Crippen LogP contribution in [0.3, 0.4) is 0 Å². The lowest BCUT2D eigenvalue weighted by Gasteiger charge is -2.43. The van der Waals surface area contributed by atoms with Crippen LogP contribution in [0.25, 0.3) is 10.2 Å². The summed E-state index contributed by atoms with van der Waals surface area (Å²) in [6.45, 7) is 10.7. The second-order valence-electron chi connectivity index (χ2n) is 9.70. The predicted octanol–water partition coefficient (Wildman–Crippen LogP) is 4.62. The third-order valence-corrected chi connectivity index (χ3v) is 8.24. The number of thiophene rings is 1. The number of amides is 2. The molecule has 6 nitrogen and oxygen atoms in total. The summed E-state index contributed by atoms with van der Waals surface area (Å²) in [5.74, 6) is 0.155. The van der Waals surface area contributed by atoms with Crippen LogP contribution in [-0.2, 0) is 11.3 Å². The number of carbonyl (C=O) groups is 2. The first-order valence-electron chi connectivity index (χ1n) is 12.4. The fourth-order valence-electron chi connectivity index (χ4n) is 5.63. The minimum Gasteiger partial charge on any atom is -0.365 e. The van der Waals surface area contributed by atoms with Gasteiger partial charge in [-0.15, -0.1) is 11.3 Å². The Labute approximate surface area is 205 Å². The number of aryl methyl sites for hydroxylation is 2. The lowest BCUT2D eigenvalue weighted by atomic mass is 9.95. The van der Waals surface area contributed by atoms with Gasteiger partial charge < -0.3 is 19.3 Å². The predicted molar refractivity (Wildman–Crippen MR) is 139 cm³/mol. The highest BCUT2D eigenvalue weighted by Gasteiger charge is 2.35. The number of anilines is 1. The molecule has 7 heteroatoms. The Bertz CT molecular complexity index is 1200. The molecule has 0 spiro atoms. The van der Waals surface area contributed by atoms with Gasteiger partial charge >= 0.3 is 0 Å². The number of rotatable bonds is 4. The molecule has 0 N–H and O–H groups in total. The van der Waals surface area contributed by atoms with E-state index < -0.39 is 0 Å². The summed E-state index contributed by atoms with van der Waals surface area (Å²) in [5.41, 5.74) is 4.36. The molecule has 0 radical (unpaired) electrons. The molecule has 4 heterocycles. The molecule has 2 fully saturated rings. The molecule has 2 amide bonds. The molecular weight excluding hydrogens is 444 g/mol. The van der Waals surface area contributed by atoms with Crippen molar-refractivity contribution in [2.45, 2.75) is 46.2 Å². The molecule has 34 heavy (non-hydrogen) atoms. The Kier molecular flexibility index (Phi) is 6.38. The van der Waals surface area contributed by atoms with Crippen LogP contribution < -0.4 is 4.90 Å². The number of benzene rings is 1. The molecule has 2 aliphatic rings. The van der Waals surface area contributed by atoms with E-state index in [0.29, 0.717) is 6.54 Å². The molecular formula is C27H34N4O2S. The molecule has 180 valence electrons. The van der Waals surface area contributed by atoms with Crippen molar-refractivity contribution in [3.8, 4) is 0 Å². The highest BCUT2D eigenvalue weighted by molar-refractivity contribution is 7.17. The van der Waals surface area contributed by atoms with Crippen LogP contribution in [0.15, 0.2) is 41.8 Å². The van der Waals surface area contributed by atoms with Gasteiger partial charge in [-0.05, 0) is 68.8 Å². The van der Waals surface area contributed by atoms with Crippen LogP contribution in [0, 0.1) is 12.8 Å². The fourth-order valence-corrected chi connectivity index (χ4v) is 6.45. The van der Waals surface area contributed by atoms with Crippen molar-refractivity contribution < 1.29 is 9.59 Å². The smallest absolute Gasteiger partial charge is 0.270 e. The Hall–Kier alpha value is -2.80. The molecule has 2 unspecified atom stereocenters. The van der Waals surface area contributed by atoms with E-state index in [9.17, 15) is 9.59 Å². The summed E-state index contributed by atoms with van der Waals surface area (Å²) in [6.07, 6.45) is 1.74. The number of nitrogens with zero attached hydrogens (tertiary/aromatic N) is 4. The average molecular weight is 479 g/mol. The van der Waals surface area contributed by atoms with Crippen molar-refractivity contribution in [2.24, 2.45) is 5.92 Å². The Morgan fingerprint density at radius 1 is 1.06 bits per heavy atom. The third-order valence-electron chi connectivity index (χ3n) is 7.39. The number of hydrogen-bond acceptors (Lipinski definition) is 4. The van der Waals surface area contributed by atoms with E-state index in [4.69, 9.17) is 0 Å². The quantitative estimate of drug-likeness (QED) is 0.550. The molecule has 2 aliphatic heterocycles. The Balaban J connectivity index is 1.25. The van der Waals surface area contributed by atoms with Crippen molar-refractivity contribution in [1.29, 1.82) is 0 Å². The van der Waals surface area contributed by atoms with Crippen LogP contribution in [-0.4, -0.2) is 64.9 Å². The molecule has 0 aliphatic carbocycles. The van der Waals surface area contributed by atoms with E-state index in [1.807, 2.05) is 15.9 Å². The standard InChI is InChI=1S/C27H34N4O2S/c1-4-30-23-10-14-34-25(23)16-24(30)27(33)28-11-6-8-21(18-28)26(32)29-12-13-31(20(3)17-29)22-9-5-7-19(2)15-22/h5,7,9-10,14-16,20-21H,4,6,8,11-13,17-18H2,1-3H3. The second kappa shape index (κ2) is 9.45. The molecule has 5 rings (SSSR count). The topological polar surface area (TPSA) is 48.8 Å². The van der Waals surface area contributed by atoms with Crippen LogP contribution in [0.1, 0.15) is 42.7 Å². The minimum absolute atomic E-state index is 0.0559. The van der Waals surface area contributed by atoms with E-state index >= 15 is 0 Å². The van der Waals surface area contributed by atoms with E-state index in [0.717, 1.165) is 61.5 Å². The summed E-state index contributed by atoms with van der Waals surface area (Å²) in [5, 5.41) is 2.07. The normalized spacial score (nSPS) is 21.3. The molecule has 2 atom stereocenters. The third kappa shape index (κ3) is 4.22. The lowest BCUT2D eigenvalue weighted by Crippen LogP contribution is -2.56. The molecule has 0 bridgehead atoms. The second-order valence-corrected chi connectivity index (χ2v) is 10.6. The molecule has 0 saturated carbocycles. The number of piperidine rings is 1. The van der Waals surface area contributed by atoms with Crippen LogP contribution in [0.4, 0.5) is 5.69 Å². The average Bonchev–Trinajstić information content (AvgIpc) is 3.44. The molecule has 2 aromatic heterocycles. The summed E-state index contributed by atoms with van der Waals surface area (Å²) >= 11 is 1.67. The zero-order chi connectivity index (χ0) is 23.8. The van der Waals surface area contributed by atoms with Crippen molar-refractivity contribution in [2.75, 3.05) is 37.6 Å². The highest BCUT2D eigenvalue weighted by atomic mass is 32.1. The van der Waals surface area contributed by atoms with Gasteiger partial charge in [0, 0.05) is 51.0 Å². The lowest BCUT2D eigenvalue weighted by molar-refractivity contribution is -0.137. The number of carbonyl (C=O) groups excluding carboxylic acids is 2. The van der Waals surface area contributed by atoms with Crippen molar-refractivity contribution in [3.05, 3.63) is 53.0 Å². The monoisotopic (exact) mass is 478 g/mol. The van der Waals surface area contributed by atoms with E-state index in [1.54, 1.807) is 11.3 Å². The first-order valence-corrected chi connectivity index (χ1v) is 13.3. The maximum absolute atomic E-state index is 13.5. The summed E-state index contributed by atoms with van der Waals surface area (Å²) in [6, 6.07) is 13.0. The number of fused-ring (bicyclic) bond motifs is 1. The van der Waals surface area contributed by atoms with Gasteiger partial charge in [0.2, 0.25) is 5.91 Å². The number of aromatic nitrogens is 1. The SMILES string of the molecule is CCn1c(C(=O)N2CCCC(C(=O)N3CCN(c4cccc(C)c4)C(C)C3)C2)cc2sccc21. The van der Waals surface area contributed by atoms with Gasteiger partial charge in [0.15, 0.2) is 0 Å². The van der Waals surface area contributed by atoms with Gasteiger partial charge in [-0.1, -0.05) is 12.1 Å². The van der Waals surface area contributed by atoms with Gasteiger partial charge in [0.25, 0.3) is 5.91 Å². The zero-order valence-corrected chi connectivity index (χ0v) is 21.2. The number of likely N-dealkylation sites (tertiary alicyclic amines) is 1. The molecule has 1 aromatic carbocycles. The molecule has 2 saturated heterocycles. The largest absolute Gasteiger partial charge is 0.365 e. The van der Waals surface area contributed by atoms with Gasteiger partial charge in [-0.3, -0.25) is 9.59 Å². The van der Waals surface area contributed by atoms with Gasteiger partial charge in [-0.25, -0.2) is 0 Å². The summed E-state index contributed by atoms with van der Waals surface area (Å²) < 4.78 is 3.25. The Morgan fingerprint density at radius 2 is 1.91 bits per heavy atom. The highest BCUT2D eigenvalue weighted by Crippen LogP contribution is 2.29. The van der Waals surface area contributed by atoms with Crippen LogP contribution >= 0.6 is 11.3 Å². The van der Waals surface area contributed by atoms with Gasteiger partial charge in [0.1, 0.15) is 5.69 Å². The zero-order valence-electron chi connectivity index (χ0n) is 20.4. The van der Waals surface area contributed by atoms with E-state index in [1.165, 1.54) is 11.3 Å². The maximum Gasteiger partial charge on any atom is 0.270 e. The first kappa shape index (κ1) is 23.0. The van der Waals surface area contributed by atoms with Gasteiger partial charge in [-0.2, -0.15) is 0 Å². The maximum atomic E-state index is 13.5. The van der Waals surface area contributed by atoms with E-state index in [2.05, 4.69) is 66.0 Å². The van der Waals surface area contributed by atoms with Crippen LogP contribution in [0.2, 0.25) is 0 Å². The Morgan fingerprint density at radius 3 is 2.68 bits per heavy atom. The van der Waals surface area contributed by atoms with Crippen molar-refractivity contribution in [1.82, 2.24) is 14.4 Å². The van der Waals surface area contributed by atoms with Crippen LogP contribution in [0.5, 0.6) is 0 Å². The van der Waals surface area contributed by atoms with Crippen molar-refractivity contribution in [3.63, 3.8) is 0 Å². The summed E-state index contributed by atoms with van der Waals surface area (Å²) in [7, 11) is 0. The molecule has 3 aromatic rings. The number of hydrogen-bond donors (Lipinski definition) is 0. The van der Waals surface area contributed by atoms with Crippen molar-refractivity contribution >= 4 is 39.1 Å². The minimum atomic E-state index is -0.110. The summed E-state index contributed by atoms with van der Waals surface area (Å²) in [4.78, 5) is 33.3. The van der Waals surface area contributed by atoms with E-state index in [-0.39, 0.29) is 23.8 Å². The fraction of sp³-hybridized carbons (Fsp3) is 0.481. The first-order chi connectivity index (χ1) is 16.5.